The van der Waals surface area contributed by atoms with Crippen LogP contribution in [0.25, 0.3) is 0 Å². The molecule has 8 heteroatoms. The number of nitrogens with one attached hydrogen (secondary N) is 3. The van der Waals surface area contributed by atoms with E-state index in [0.717, 1.165) is 22.3 Å². The molecule has 1 aliphatic rings. The van der Waals surface area contributed by atoms with Crippen LogP contribution < -0.4 is 16.4 Å². The van der Waals surface area contributed by atoms with Gasteiger partial charge in [0.05, 0.1) is 5.41 Å². The maximum Gasteiger partial charge on any atom is 0.251 e. The van der Waals surface area contributed by atoms with Crippen LogP contribution in [-0.4, -0.2) is 47.1 Å². The first-order valence-corrected chi connectivity index (χ1v) is 11.2. The molecule has 0 spiro atoms. The van der Waals surface area contributed by atoms with Crippen molar-refractivity contribution in [1.82, 2.24) is 25.8 Å². The molecule has 172 valence electrons. The Balaban J connectivity index is 2.04. The number of aromatic amines is 1. The number of hydrogen-bond acceptors (Lipinski definition) is 5. The lowest BCUT2D eigenvalue weighted by atomic mass is 9.68. The lowest BCUT2D eigenvalue weighted by molar-refractivity contribution is 0.0955. The number of carbonyl (C=O) groups is 2. The van der Waals surface area contributed by atoms with E-state index in [0.29, 0.717) is 42.0 Å². The summed E-state index contributed by atoms with van der Waals surface area (Å²) < 4.78 is 0. The highest BCUT2D eigenvalue weighted by Gasteiger charge is 2.45. The van der Waals surface area contributed by atoms with E-state index in [4.69, 9.17) is 10.7 Å². The van der Waals surface area contributed by atoms with Crippen LogP contribution >= 0.6 is 0 Å². The second-order valence-corrected chi connectivity index (χ2v) is 8.73. The highest BCUT2D eigenvalue weighted by molar-refractivity contribution is 5.95. The van der Waals surface area contributed by atoms with Crippen LogP contribution in [0.5, 0.6) is 0 Å². The molecular formula is C25H30N6O2. The molecule has 1 aliphatic carbocycles. The molecule has 0 unspecified atom stereocenters. The van der Waals surface area contributed by atoms with Crippen molar-refractivity contribution >= 4 is 11.8 Å². The quantitative estimate of drug-likeness (QED) is 0.477. The molecule has 33 heavy (non-hydrogen) atoms. The van der Waals surface area contributed by atoms with Crippen LogP contribution in [-0.2, 0) is 18.3 Å². The molecule has 0 radical (unpaired) electrons. The van der Waals surface area contributed by atoms with E-state index in [2.05, 4.69) is 20.8 Å². The molecule has 0 aliphatic heterocycles. The molecule has 0 bridgehead atoms. The number of aryl methyl sites for hydroxylation is 3. The Kier molecular flexibility index (Phi) is 6.03. The number of hydrogen-bond donors (Lipinski definition) is 4. The van der Waals surface area contributed by atoms with Gasteiger partial charge in [0.25, 0.3) is 11.8 Å². The smallest absolute Gasteiger partial charge is 0.251 e. The Morgan fingerprint density at radius 3 is 1.94 bits per heavy atom. The highest BCUT2D eigenvalue weighted by Crippen LogP contribution is 2.46. The van der Waals surface area contributed by atoms with Gasteiger partial charge >= 0.3 is 0 Å². The van der Waals surface area contributed by atoms with E-state index >= 15 is 0 Å². The average molecular weight is 447 g/mol. The van der Waals surface area contributed by atoms with Crippen LogP contribution in [0, 0.1) is 6.92 Å². The minimum atomic E-state index is -0.720. The minimum absolute atomic E-state index is 0.131. The van der Waals surface area contributed by atoms with Gasteiger partial charge in [-0.1, -0.05) is 12.1 Å². The second-order valence-electron chi connectivity index (χ2n) is 8.73. The van der Waals surface area contributed by atoms with Gasteiger partial charge in [-0.25, -0.2) is 4.98 Å². The van der Waals surface area contributed by atoms with Crippen molar-refractivity contribution in [2.45, 2.75) is 44.6 Å². The first-order chi connectivity index (χ1) is 15.8. The zero-order valence-electron chi connectivity index (χ0n) is 19.5. The molecule has 1 atom stereocenters. The number of rotatable bonds is 5. The predicted molar refractivity (Wildman–Crippen MR) is 126 cm³/mol. The third-order valence-corrected chi connectivity index (χ3v) is 6.38. The molecule has 1 heterocycles. The van der Waals surface area contributed by atoms with Crippen molar-refractivity contribution in [3.63, 3.8) is 0 Å². The minimum Gasteiger partial charge on any atom is -0.355 e. The molecule has 4 rings (SSSR count). The normalized spacial score (nSPS) is 15.1. The Bertz CT molecular complexity index is 1150. The molecule has 8 nitrogen and oxygen atoms in total. The molecule has 1 aromatic heterocycles. The van der Waals surface area contributed by atoms with Crippen molar-refractivity contribution in [2.75, 3.05) is 14.1 Å². The monoisotopic (exact) mass is 446 g/mol. The van der Waals surface area contributed by atoms with Gasteiger partial charge in [-0.15, -0.1) is 0 Å². The molecule has 3 aromatic rings. The number of fused-ring (bicyclic) bond motifs is 2. The summed E-state index contributed by atoms with van der Waals surface area (Å²) in [5, 5.41) is 13.0. The number of aromatic nitrogens is 3. The van der Waals surface area contributed by atoms with E-state index in [1.54, 1.807) is 14.1 Å². The fourth-order valence-corrected chi connectivity index (χ4v) is 4.99. The van der Waals surface area contributed by atoms with Crippen LogP contribution in [0.15, 0.2) is 36.4 Å². The SMILES string of the molecule is CNC(=O)c1ccc2c(c1)CCc1cc(C(=O)NC)ccc1C2(C[C@@H](C)N)c1n[nH]c(C)n1. The largest absolute Gasteiger partial charge is 0.355 e. The summed E-state index contributed by atoms with van der Waals surface area (Å²) >= 11 is 0. The average Bonchev–Trinajstić information content (AvgIpc) is 3.21. The lowest BCUT2D eigenvalue weighted by Gasteiger charge is -2.35. The van der Waals surface area contributed by atoms with Gasteiger partial charge in [-0.2, -0.15) is 5.10 Å². The lowest BCUT2D eigenvalue weighted by Crippen LogP contribution is -2.38. The summed E-state index contributed by atoms with van der Waals surface area (Å²) in [6, 6.07) is 11.5. The zero-order valence-corrected chi connectivity index (χ0v) is 19.5. The van der Waals surface area contributed by atoms with Crippen LogP contribution in [0.1, 0.15) is 68.0 Å². The summed E-state index contributed by atoms with van der Waals surface area (Å²) in [5.41, 5.74) is 11.1. The van der Waals surface area contributed by atoms with Crippen molar-refractivity contribution in [3.05, 3.63) is 81.4 Å². The summed E-state index contributed by atoms with van der Waals surface area (Å²) in [6.45, 7) is 3.85. The Morgan fingerprint density at radius 2 is 1.55 bits per heavy atom. The van der Waals surface area contributed by atoms with Crippen molar-refractivity contribution in [3.8, 4) is 0 Å². The fourth-order valence-electron chi connectivity index (χ4n) is 4.99. The first kappa shape index (κ1) is 22.7. The van der Waals surface area contributed by atoms with E-state index < -0.39 is 5.41 Å². The summed E-state index contributed by atoms with van der Waals surface area (Å²) in [6.07, 6.45) is 2.01. The maximum atomic E-state index is 12.4. The third kappa shape index (κ3) is 3.91. The summed E-state index contributed by atoms with van der Waals surface area (Å²) in [7, 11) is 3.25. The molecule has 2 amide bonds. The number of carbonyl (C=O) groups excluding carboxylic acids is 2. The van der Waals surface area contributed by atoms with E-state index in [1.165, 1.54) is 0 Å². The summed E-state index contributed by atoms with van der Waals surface area (Å²) in [4.78, 5) is 29.5. The van der Waals surface area contributed by atoms with E-state index in [9.17, 15) is 9.59 Å². The van der Waals surface area contributed by atoms with Crippen LogP contribution in [0.3, 0.4) is 0 Å². The molecule has 0 fully saturated rings. The van der Waals surface area contributed by atoms with Crippen molar-refractivity contribution in [1.29, 1.82) is 0 Å². The van der Waals surface area contributed by atoms with Gasteiger partial charge in [0.1, 0.15) is 5.82 Å². The highest BCUT2D eigenvalue weighted by atomic mass is 16.2. The topological polar surface area (TPSA) is 126 Å². The molecule has 2 aromatic carbocycles. The standard InChI is InChI=1S/C25H30N6O2/c1-14(26)13-25(24-29-15(2)30-31-24)20-9-7-18(22(32)27-3)11-16(20)5-6-17-12-19(23(33)28-4)8-10-21(17)25/h7-12,14H,5-6,13,26H2,1-4H3,(H,27,32)(H,28,33)(H,29,30,31)/t14-/m1/s1. The molecule has 0 saturated carbocycles. The molecular weight excluding hydrogens is 416 g/mol. The Morgan fingerprint density at radius 1 is 1.03 bits per heavy atom. The Hall–Kier alpha value is -3.52. The first-order valence-electron chi connectivity index (χ1n) is 11.2. The van der Waals surface area contributed by atoms with Crippen LogP contribution in [0.2, 0.25) is 0 Å². The summed E-state index contributed by atoms with van der Waals surface area (Å²) in [5.74, 6) is 1.09. The number of H-pyrrole nitrogens is 1. The molecule has 5 N–H and O–H groups in total. The number of benzene rings is 2. The maximum absolute atomic E-state index is 12.4. The Labute approximate surface area is 193 Å². The van der Waals surface area contributed by atoms with Gasteiger partial charge in [-0.3, -0.25) is 14.7 Å². The van der Waals surface area contributed by atoms with Gasteiger partial charge in [0, 0.05) is 31.3 Å². The van der Waals surface area contributed by atoms with E-state index in [1.807, 2.05) is 50.2 Å². The second kappa shape index (κ2) is 8.78. The van der Waals surface area contributed by atoms with Crippen molar-refractivity contribution < 1.29 is 9.59 Å². The van der Waals surface area contributed by atoms with Crippen LogP contribution in [0.4, 0.5) is 0 Å². The van der Waals surface area contributed by atoms with E-state index in [-0.39, 0.29) is 17.9 Å². The number of amides is 2. The molecule has 0 saturated heterocycles. The van der Waals surface area contributed by atoms with Gasteiger partial charge in [0.15, 0.2) is 5.82 Å². The van der Waals surface area contributed by atoms with Gasteiger partial charge < -0.3 is 16.4 Å². The number of nitrogens with zero attached hydrogens (tertiary/aromatic N) is 2. The number of nitrogens with two attached hydrogens (primary N) is 1. The predicted octanol–water partition coefficient (Wildman–Crippen LogP) is 2.00. The fraction of sp³-hybridized carbons (Fsp3) is 0.360. The third-order valence-electron chi connectivity index (χ3n) is 6.38. The van der Waals surface area contributed by atoms with Gasteiger partial charge in [0.2, 0.25) is 0 Å². The zero-order chi connectivity index (χ0) is 23.8. The van der Waals surface area contributed by atoms with Crippen molar-refractivity contribution in [2.24, 2.45) is 5.73 Å². The van der Waals surface area contributed by atoms with Gasteiger partial charge in [-0.05, 0) is 79.6 Å².